The molecule has 0 nitrogen and oxygen atoms in total. The van der Waals surface area contributed by atoms with Gasteiger partial charge >= 0.3 is 20.1 Å². The number of halogens is 1. The topological polar surface area (TPSA) is 0 Å². The second kappa shape index (κ2) is 17.4. The predicted octanol–water partition coefficient (Wildman–Crippen LogP) is 2.80. The second-order valence-corrected chi connectivity index (χ2v) is 4.93. The van der Waals surface area contributed by atoms with Crippen LogP contribution in [0.15, 0.2) is 24.3 Å². The molecule has 0 spiro atoms. The van der Waals surface area contributed by atoms with E-state index in [-0.39, 0.29) is 32.5 Å². The summed E-state index contributed by atoms with van der Waals surface area (Å²) in [7, 11) is 0. The average molecular weight is 448 g/mol. The Balaban J connectivity index is 0. The maximum absolute atomic E-state index is 2.32. The summed E-state index contributed by atoms with van der Waals surface area (Å²) in [6.45, 7) is 0. The summed E-state index contributed by atoms with van der Waals surface area (Å²) in [5, 5.41) is 0. The van der Waals surface area contributed by atoms with E-state index >= 15 is 0 Å². The molecule has 0 saturated heterocycles. The standard InChI is InChI=1S/2C8H14.ClH.Ir/c2*1-2-4-6-8-7-5-3-1;;/h2*1-2H,3-8H2;1H;/q;;;+1/p-1. The van der Waals surface area contributed by atoms with Gasteiger partial charge in [-0.3, -0.25) is 0 Å². The van der Waals surface area contributed by atoms with Crippen molar-refractivity contribution in [3.05, 3.63) is 24.3 Å². The number of hydrogen-bond donors (Lipinski definition) is 0. The van der Waals surface area contributed by atoms with Gasteiger partial charge in [-0.25, -0.2) is 0 Å². The van der Waals surface area contributed by atoms with E-state index in [1.165, 1.54) is 77.0 Å². The molecule has 0 bridgehead atoms. The molecule has 2 aliphatic rings. The largest absolute Gasteiger partial charge is 1.00 e. The summed E-state index contributed by atoms with van der Waals surface area (Å²) in [6.07, 6.45) is 26.0. The summed E-state index contributed by atoms with van der Waals surface area (Å²) in [6, 6.07) is 0. The molecule has 0 amide bonds. The third-order valence-electron chi connectivity index (χ3n) is 3.32. The molecular weight excluding hydrogens is 420 g/mol. The van der Waals surface area contributed by atoms with Crippen molar-refractivity contribution in [1.82, 2.24) is 0 Å². The monoisotopic (exact) mass is 448 g/mol. The Labute approximate surface area is 133 Å². The zero-order valence-electron chi connectivity index (χ0n) is 11.5. The molecule has 108 valence electrons. The van der Waals surface area contributed by atoms with Crippen molar-refractivity contribution < 1.29 is 32.5 Å². The molecular formula is C16H28ClIr. The van der Waals surface area contributed by atoms with Crippen molar-refractivity contribution in [2.45, 2.75) is 77.0 Å². The molecule has 0 aromatic rings. The second-order valence-electron chi connectivity index (χ2n) is 4.93. The van der Waals surface area contributed by atoms with Gasteiger partial charge in [-0.15, -0.1) is 0 Å². The Morgan fingerprint density at radius 1 is 0.389 bits per heavy atom. The van der Waals surface area contributed by atoms with Gasteiger partial charge in [-0.1, -0.05) is 50.0 Å². The molecule has 2 rings (SSSR count). The molecule has 0 saturated carbocycles. The van der Waals surface area contributed by atoms with E-state index in [2.05, 4.69) is 24.3 Å². The maximum atomic E-state index is 2.32. The van der Waals surface area contributed by atoms with Crippen molar-refractivity contribution in [3.63, 3.8) is 0 Å². The molecule has 0 fully saturated rings. The fourth-order valence-electron chi connectivity index (χ4n) is 2.23. The molecule has 0 N–H and O–H groups in total. The van der Waals surface area contributed by atoms with Gasteiger partial charge in [0.05, 0.1) is 0 Å². The fourth-order valence-corrected chi connectivity index (χ4v) is 2.23. The summed E-state index contributed by atoms with van der Waals surface area (Å²) < 4.78 is 0. The molecule has 2 heteroatoms. The predicted molar refractivity (Wildman–Crippen MR) is 73.7 cm³/mol. The summed E-state index contributed by atoms with van der Waals surface area (Å²) in [5.74, 6) is 0. The first-order valence-electron chi connectivity index (χ1n) is 7.30. The van der Waals surface area contributed by atoms with Gasteiger partial charge in [0.25, 0.3) is 0 Å². The van der Waals surface area contributed by atoms with Crippen molar-refractivity contribution in [2.75, 3.05) is 0 Å². The van der Waals surface area contributed by atoms with Crippen LogP contribution in [0.3, 0.4) is 0 Å². The smallest absolute Gasteiger partial charge is 1.00 e. The SMILES string of the molecule is C1=CCCCCCC1.C1=CCCCCCC1.[Cl-].[Ir+]. The van der Waals surface area contributed by atoms with Crippen LogP contribution in [0.1, 0.15) is 77.0 Å². The van der Waals surface area contributed by atoms with Gasteiger partial charge < -0.3 is 12.4 Å². The molecule has 0 radical (unpaired) electrons. The van der Waals surface area contributed by atoms with Crippen LogP contribution in [-0.2, 0) is 20.1 Å². The zero-order chi connectivity index (χ0) is 11.3. The third-order valence-corrected chi connectivity index (χ3v) is 3.32. The summed E-state index contributed by atoms with van der Waals surface area (Å²) in [4.78, 5) is 0. The van der Waals surface area contributed by atoms with E-state index in [9.17, 15) is 0 Å². The number of rotatable bonds is 0. The van der Waals surface area contributed by atoms with Crippen LogP contribution in [0, 0.1) is 0 Å². The minimum absolute atomic E-state index is 0. The molecule has 0 aromatic carbocycles. The van der Waals surface area contributed by atoms with Crippen molar-refractivity contribution in [3.8, 4) is 0 Å². The van der Waals surface area contributed by atoms with Crippen LogP contribution in [-0.4, -0.2) is 0 Å². The Hall–Kier alpha value is 0.419. The molecule has 18 heavy (non-hydrogen) atoms. The molecule has 0 unspecified atom stereocenters. The van der Waals surface area contributed by atoms with Crippen molar-refractivity contribution in [2.24, 2.45) is 0 Å². The van der Waals surface area contributed by atoms with E-state index in [4.69, 9.17) is 0 Å². The van der Waals surface area contributed by atoms with E-state index in [0.717, 1.165) is 0 Å². The van der Waals surface area contributed by atoms with Crippen LogP contribution < -0.4 is 12.4 Å². The minimum Gasteiger partial charge on any atom is -1.00 e. The Kier molecular flexibility index (Phi) is 20.1. The first-order valence-corrected chi connectivity index (χ1v) is 7.30. The van der Waals surface area contributed by atoms with Gasteiger partial charge in [0, 0.05) is 0 Å². The summed E-state index contributed by atoms with van der Waals surface area (Å²) >= 11 is 0. The maximum Gasteiger partial charge on any atom is 1.00 e. The third kappa shape index (κ3) is 14.5. The molecule has 0 aromatic heterocycles. The Morgan fingerprint density at radius 3 is 0.833 bits per heavy atom. The Morgan fingerprint density at radius 2 is 0.611 bits per heavy atom. The minimum atomic E-state index is 0. The quantitative estimate of drug-likeness (QED) is 0.501. The van der Waals surface area contributed by atoms with Gasteiger partial charge in [0.1, 0.15) is 0 Å². The fraction of sp³-hybridized carbons (Fsp3) is 0.750. The van der Waals surface area contributed by atoms with Crippen LogP contribution in [0.4, 0.5) is 0 Å². The van der Waals surface area contributed by atoms with Crippen LogP contribution in [0.2, 0.25) is 0 Å². The zero-order valence-corrected chi connectivity index (χ0v) is 14.7. The van der Waals surface area contributed by atoms with Crippen LogP contribution in [0.5, 0.6) is 0 Å². The number of hydrogen-bond acceptors (Lipinski definition) is 0. The summed E-state index contributed by atoms with van der Waals surface area (Å²) in [5.41, 5.74) is 0. The molecule has 0 aliphatic heterocycles. The van der Waals surface area contributed by atoms with Gasteiger partial charge in [-0.2, -0.15) is 0 Å². The molecule has 0 atom stereocenters. The molecule has 0 heterocycles. The Bertz CT molecular complexity index is 157. The first-order chi connectivity index (χ1) is 8.00. The van der Waals surface area contributed by atoms with Gasteiger partial charge in [0.15, 0.2) is 0 Å². The van der Waals surface area contributed by atoms with E-state index in [1.54, 1.807) is 0 Å². The molecule has 2 aliphatic carbocycles. The van der Waals surface area contributed by atoms with Gasteiger partial charge in [-0.05, 0) is 51.4 Å². The average Bonchev–Trinajstić information content (AvgIpc) is 2.15. The normalized spacial score (nSPS) is 19.6. The van der Waals surface area contributed by atoms with Crippen LogP contribution >= 0.6 is 0 Å². The van der Waals surface area contributed by atoms with Crippen molar-refractivity contribution >= 4 is 0 Å². The van der Waals surface area contributed by atoms with E-state index in [0.29, 0.717) is 0 Å². The van der Waals surface area contributed by atoms with E-state index < -0.39 is 0 Å². The first kappa shape index (κ1) is 20.7. The van der Waals surface area contributed by atoms with Crippen LogP contribution in [0.25, 0.3) is 0 Å². The number of allylic oxidation sites excluding steroid dienone is 4. The van der Waals surface area contributed by atoms with Crippen molar-refractivity contribution in [1.29, 1.82) is 0 Å². The van der Waals surface area contributed by atoms with Gasteiger partial charge in [0.2, 0.25) is 0 Å². The van der Waals surface area contributed by atoms with E-state index in [1.807, 2.05) is 0 Å².